The lowest BCUT2D eigenvalue weighted by atomic mass is 9.95. The van der Waals surface area contributed by atoms with Crippen LogP contribution in [-0.4, -0.2) is 24.2 Å². The number of aryl methyl sites for hydroxylation is 3. The number of rotatable bonds is 10. The number of fused-ring (bicyclic) bond motifs is 1. The average Bonchev–Trinajstić information content (AvgIpc) is 3.38. The number of ether oxygens (including phenoxy) is 3. The van der Waals surface area contributed by atoms with Crippen molar-refractivity contribution in [1.29, 1.82) is 0 Å². The third-order valence-electron chi connectivity index (χ3n) is 8.50. The third-order valence-corrected chi connectivity index (χ3v) is 9.49. The molecule has 4 aromatic carbocycles. The largest absolute Gasteiger partial charge is 0.494 e. The molecule has 5 aromatic rings. The van der Waals surface area contributed by atoms with Crippen molar-refractivity contribution in [1.82, 2.24) is 4.57 Å². The fraction of sp³-hybridized carbons (Fsp3) is 0.225. The minimum absolute atomic E-state index is 0.246. The third kappa shape index (κ3) is 7.07. The lowest BCUT2D eigenvalue weighted by Gasteiger charge is -2.25. The van der Waals surface area contributed by atoms with Crippen LogP contribution in [0.2, 0.25) is 0 Å². The maximum absolute atomic E-state index is 14.2. The number of anilines is 1. The van der Waals surface area contributed by atoms with E-state index in [-0.39, 0.29) is 11.5 Å². The zero-order chi connectivity index (χ0) is 34.7. The van der Waals surface area contributed by atoms with Gasteiger partial charge in [0.25, 0.3) is 11.5 Å². The van der Waals surface area contributed by atoms with Crippen LogP contribution in [-0.2, 0) is 11.4 Å². The van der Waals surface area contributed by atoms with Gasteiger partial charge in [0.2, 0.25) is 0 Å². The van der Waals surface area contributed by atoms with E-state index >= 15 is 0 Å². The molecule has 1 atom stereocenters. The molecule has 1 aromatic heterocycles. The normalized spacial score (nSPS) is 14.2. The number of methoxy groups -OCH3 is 1. The molecule has 9 heteroatoms. The lowest BCUT2D eigenvalue weighted by molar-refractivity contribution is -0.113. The van der Waals surface area contributed by atoms with E-state index in [1.165, 1.54) is 28.0 Å². The SMILES string of the molecule is CCOc1ccc([C@@H]2C(C(=O)Nc3ccccc3)=C(C)N=c3s/c(=C\c4ccc(OCc5c(C)cc(C)cc5C)c(OC)c4)c(=O)n32)cc1. The molecule has 0 saturated heterocycles. The summed E-state index contributed by atoms with van der Waals surface area (Å²) in [6.45, 7) is 11.0. The molecule has 1 amide bonds. The Morgan fingerprint density at radius 3 is 2.31 bits per heavy atom. The molecule has 0 radical (unpaired) electrons. The minimum Gasteiger partial charge on any atom is -0.494 e. The topological polar surface area (TPSA) is 91.2 Å². The second-order valence-electron chi connectivity index (χ2n) is 12.0. The number of aromatic nitrogens is 1. The zero-order valence-corrected chi connectivity index (χ0v) is 29.3. The number of allylic oxidation sites excluding steroid dienone is 1. The first-order chi connectivity index (χ1) is 23.7. The Hall–Kier alpha value is -5.41. The molecular weight excluding hydrogens is 635 g/mol. The first kappa shape index (κ1) is 33.5. The molecule has 2 heterocycles. The van der Waals surface area contributed by atoms with E-state index in [4.69, 9.17) is 19.2 Å². The lowest BCUT2D eigenvalue weighted by Crippen LogP contribution is -2.40. The number of benzene rings is 4. The highest BCUT2D eigenvalue weighted by Crippen LogP contribution is 2.33. The Labute approximate surface area is 289 Å². The van der Waals surface area contributed by atoms with Crippen LogP contribution in [0.5, 0.6) is 17.2 Å². The van der Waals surface area contributed by atoms with Crippen LogP contribution in [0.3, 0.4) is 0 Å². The Morgan fingerprint density at radius 1 is 0.918 bits per heavy atom. The summed E-state index contributed by atoms with van der Waals surface area (Å²) < 4.78 is 19.7. The molecule has 1 aliphatic heterocycles. The molecule has 49 heavy (non-hydrogen) atoms. The molecule has 0 aliphatic carbocycles. The summed E-state index contributed by atoms with van der Waals surface area (Å²) in [6, 6.07) is 26.0. The predicted molar refractivity (Wildman–Crippen MR) is 194 cm³/mol. The molecule has 0 spiro atoms. The van der Waals surface area contributed by atoms with Crippen molar-refractivity contribution in [3.8, 4) is 17.2 Å². The number of amides is 1. The minimum atomic E-state index is -0.697. The fourth-order valence-corrected chi connectivity index (χ4v) is 7.24. The second kappa shape index (κ2) is 14.4. The molecular formula is C40H39N3O5S. The maximum atomic E-state index is 14.2. The first-order valence-corrected chi connectivity index (χ1v) is 17.0. The summed E-state index contributed by atoms with van der Waals surface area (Å²) in [7, 11) is 1.60. The number of carbonyl (C=O) groups excluding carboxylic acids is 1. The van der Waals surface area contributed by atoms with Gasteiger partial charge in [0.15, 0.2) is 16.3 Å². The number of nitrogens with zero attached hydrogens (tertiary/aromatic N) is 2. The molecule has 250 valence electrons. The van der Waals surface area contributed by atoms with E-state index in [2.05, 4.69) is 38.2 Å². The van der Waals surface area contributed by atoms with Crippen LogP contribution in [0.4, 0.5) is 5.69 Å². The van der Waals surface area contributed by atoms with Crippen molar-refractivity contribution >= 4 is 29.0 Å². The Bertz CT molecular complexity index is 2210. The number of para-hydroxylation sites is 1. The molecule has 0 unspecified atom stereocenters. The van der Waals surface area contributed by atoms with Crippen LogP contribution < -0.4 is 34.4 Å². The molecule has 6 rings (SSSR count). The van der Waals surface area contributed by atoms with Crippen LogP contribution >= 0.6 is 11.3 Å². The summed E-state index contributed by atoms with van der Waals surface area (Å²) in [5, 5.41) is 2.99. The maximum Gasteiger partial charge on any atom is 0.271 e. The molecule has 1 N–H and O–H groups in total. The number of hydrogen-bond donors (Lipinski definition) is 1. The first-order valence-electron chi connectivity index (χ1n) is 16.2. The number of carbonyl (C=O) groups is 1. The van der Waals surface area contributed by atoms with E-state index in [9.17, 15) is 9.59 Å². The van der Waals surface area contributed by atoms with Crippen LogP contribution in [0.15, 0.2) is 106 Å². The Kier molecular flexibility index (Phi) is 9.82. The van der Waals surface area contributed by atoms with Crippen LogP contribution in [0, 0.1) is 20.8 Å². The molecule has 1 aliphatic rings. The van der Waals surface area contributed by atoms with Gasteiger partial charge in [-0.05, 0) is 105 Å². The van der Waals surface area contributed by atoms with Gasteiger partial charge in [-0.2, -0.15) is 0 Å². The van der Waals surface area contributed by atoms with Crippen molar-refractivity contribution < 1.29 is 19.0 Å². The van der Waals surface area contributed by atoms with E-state index in [0.717, 1.165) is 16.7 Å². The van der Waals surface area contributed by atoms with Crippen molar-refractivity contribution in [3.05, 3.63) is 149 Å². The second-order valence-corrected chi connectivity index (χ2v) is 13.0. The predicted octanol–water partition coefficient (Wildman–Crippen LogP) is 6.79. The van der Waals surface area contributed by atoms with Gasteiger partial charge in [0, 0.05) is 5.69 Å². The smallest absolute Gasteiger partial charge is 0.271 e. The van der Waals surface area contributed by atoms with Gasteiger partial charge in [-0.1, -0.05) is 65.4 Å². The van der Waals surface area contributed by atoms with Gasteiger partial charge in [-0.3, -0.25) is 14.2 Å². The number of thiazole rings is 1. The highest BCUT2D eigenvalue weighted by atomic mass is 32.1. The molecule has 0 saturated carbocycles. The standard InChI is InChI=1S/C40H39N3O5S/c1-7-47-31-16-14-29(15-17-31)37-36(38(44)42-30-11-9-8-10-12-30)27(5)41-40-43(37)39(45)35(49-40)22-28-13-18-33(34(21-28)46-6)48-23-32-25(3)19-24(2)20-26(32)4/h8-22,37H,7,23H2,1-6H3,(H,42,44)/b35-22-/t37-/m1/s1. The summed E-state index contributed by atoms with van der Waals surface area (Å²) in [5.41, 5.74) is 7.62. The van der Waals surface area contributed by atoms with Crippen molar-refractivity contribution in [3.63, 3.8) is 0 Å². The monoisotopic (exact) mass is 673 g/mol. The van der Waals surface area contributed by atoms with Crippen molar-refractivity contribution in [2.24, 2.45) is 4.99 Å². The fourth-order valence-electron chi connectivity index (χ4n) is 6.19. The highest BCUT2D eigenvalue weighted by molar-refractivity contribution is 7.07. The average molecular weight is 674 g/mol. The van der Waals surface area contributed by atoms with E-state index < -0.39 is 6.04 Å². The summed E-state index contributed by atoms with van der Waals surface area (Å²) in [5.74, 6) is 1.56. The highest BCUT2D eigenvalue weighted by Gasteiger charge is 2.32. The Balaban J connectivity index is 1.37. The number of hydrogen-bond acceptors (Lipinski definition) is 7. The van der Waals surface area contributed by atoms with Crippen molar-refractivity contribution in [2.45, 2.75) is 47.3 Å². The van der Waals surface area contributed by atoms with Crippen LogP contribution in [0.25, 0.3) is 6.08 Å². The Morgan fingerprint density at radius 2 is 1.63 bits per heavy atom. The van der Waals surface area contributed by atoms with E-state index in [1.54, 1.807) is 11.7 Å². The summed E-state index contributed by atoms with van der Waals surface area (Å²) in [4.78, 5) is 33.3. The molecule has 0 fully saturated rings. The van der Waals surface area contributed by atoms with Gasteiger partial charge >= 0.3 is 0 Å². The molecule has 8 nitrogen and oxygen atoms in total. The van der Waals surface area contributed by atoms with Gasteiger partial charge in [-0.25, -0.2) is 4.99 Å². The van der Waals surface area contributed by atoms with E-state index in [1.807, 2.05) is 92.7 Å². The zero-order valence-electron chi connectivity index (χ0n) is 28.5. The van der Waals surface area contributed by atoms with Gasteiger partial charge in [0.1, 0.15) is 12.4 Å². The molecule has 0 bridgehead atoms. The van der Waals surface area contributed by atoms with Gasteiger partial charge in [0.05, 0.1) is 35.6 Å². The van der Waals surface area contributed by atoms with Gasteiger partial charge in [-0.15, -0.1) is 0 Å². The van der Waals surface area contributed by atoms with Crippen LogP contribution in [0.1, 0.15) is 53.3 Å². The number of nitrogens with one attached hydrogen (secondary N) is 1. The summed E-state index contributed by atoms with van der Waals surface area (Å²) in [6.07, 6.45) is 1.82. The van der Waals surface area contributed by atoms with E-state index in [0.29, 0.717) is 56.8 Å². The summed E-state index contributed by atoms with van der Waals surface area (Å²) >= 11 is 1.28. The quantitative estimate of drug-likeness (QED) is 0.177. The van der Waals surface area contributed by atoms with Crippen molar-refractivity contribution in [2.75, 3.05) is 19.0 Å². The van der Waals surface area contributed by atoms with Gasteiger partial charge < -0.3 is 19.5 Å².